The van der Waals surface area contributed by atoms with Gasteiger partial charge in [-0.2, -0.15) is 0 Å². The molecule has 0 saturated heterocycles. The molecule has 1 unspecified atom stereocenters. The monoisotopic (exact) mass is 383 g/mol. The van der Waals surface area contributed by atoms with Crippen LogP contribution < -0.4 is 0 Å². The lowest BCUT2D eigenvalue weighted by Crippen LogP contribution is -2.36. The van der Waals surface area contributed by atoms with Crippen LogP contribution in [0.3, 0.4) is 0 Å². The highest BCUT2D eigenvalue weighted by atomic mass is 32.2. The van der Waals surface area contributed by atoms with Crippen molar-refractivity contribution in [3.63, 3.8) is 0 Å². The van der Waals surface area contributed by atoms with E-state index in [1.807, 2.05) is 11.0 Å². The van der Waals surface area contributed by atoms with Gasteiger partial charge in [0.15, 0.2) is 9.84 Å². The molecule has 4 nitrogen and oxygen atoms in total. The Kier molecular flexibility index (Phi) is 4.58. The Balaban J connectivity index is 1.63. The molecule has 2 aliphatic carbocycles. The summed E-state index contributed by atoms with van der Waals surface area (Å²) >= 11 is 0. The van der Waals surface area contributed by atoms with Crippen molar-refractivity contribution in [3.8, 4) is 0 Å². The van der Waals surface area contributed by atoms with Crippen LogP contribution in [-0.4, -0.2) is 30.5 Å². The van der Waals surface area contributed by atoms with Gasteiger partial charge in [-0.05, 0) is 74.9 Å². The van der Waals surface area contributed by atoms with Crippen LogP contribution in [0, 0.1) is 0 Å². The Morgan fingerprint density at radius 3 is 2.30 bits per heavy atom. The minimum atomic E-state index is -3.32. The Morgan fingerprint density at radius 1 is 1.00 bits per heavy atom. The molecule has 1 fully saturated rings. The number of sulfone groups is 1. The average molecular weight is 384 g/mol. The number of aryl methyl sites for hydroxylation is 1. The predicted molar refractivity (Wildman–Crippen MR) is 105 cm³/mol. The van der Waals surface area contributed by atoms with Gasteiger partial charge in [-0.1, -0.05) is 24.3 Å². The Bertz CT molecular complexity index is 959. The minimum Gasteiger partial charge on any atom is -0.329 e. The fourth-order valence-electron chi connectivity index (χ4n) is 3.95. The van der Waals surface area contributed by atoms with Crippen molar-refractivity contribution in [2.24, 2.45) is 0 Å². The first-order chi connectivity index (χ1) is 12.9. The first-order valence-electron chi connectivity index (χ1n) is 9.64. The third-order valence-corrected chi connectivity index (χ3v) is 7.83. The largest absolute Gasteiger partial charge is 0.329 e. The van der Waals surface area contributed by atoms with Crippen LogP contribution in [0.25, 0.3) is 0 Å². The van der Waals surface area contributed by atoms with Gasteiger partial charge in [0.05, 0.1) is 16.2 Å². The zero-order valence-electron chi connectivity index (χ0n) is 15.8. The second kappa shape index (κ2) is 6.79. The number of benzene rings is 2. The van der Waals surface area contributed by atoms with Gasteiger partial charge < -0.3 is 4.90 Å². The molecule has 4 rings (SSSR count). The summed E-state index contributed by atoms with van der Waals surface area (Å²) in [6, 6.07) is 15.3. The van der Waals surface area contributed by atoms with E-state index < -0.39 is 15.1 Å². The number of hydrogen-bond acceptors (Lipinski definition) is 3. The fraction of sp³-hybridized carbons (Fsp3) is 0.409. The topological polar surface area (TPSA) is 54.5 Å². The Morgan fingerprint density at radius 2 is 1.67 bits per heavy atom. The summed E-state index contributed by atoms with van der Waals surface area (Å²) in [6.45, 7) is 3.33. The zero-order valence-corrected chi connectivity index (χ0v) is 16.6. The van der Waals surface area contributed by atoms with E-state index in [2.05, 4.69) is 18.2 Å². The van der Waals surface area contributed by atoms with Crippen LogP contribution in [0.15, 0.2) is 53.4 Å². The summed E-state index contributed by atoms with van der Waals surface area (Å²) in [5, 5.41) is -0.475. The molecule has 5 heteroatoms. The summed E-state index contributed by atoms with van der Waals surface area (Å²) in [5.41, 5.74) is 3.16. The highest BCUT2D eigenvalue weighted by Gasteiger charge is 2.40. The van der Waals surface area contributed by atoms with Gasteiger partial charge in [-0.3, -0.25) is 4.79 Å². The summed E-state index contributed by atoms with van der Waals surface area (Å²) < 4.78 is 24.6. The van der Waals surface area contributed by atoms with Gasteiger partial charge in [-0.25, -0.2) is 8.42 Å². The molecule has 0 spiro atoms. The maximum absolute atomic E-state index is 13.3. The summed E-state index contributed by atoms with van der Waals surface area (Å²) in [4.78, 5) is 15.6. The highest BCUT2D eigenvalue weighted by Crippen LogP contribution is 2.42. The van der Waals surface area contributed by atoms with E-state index in [9.17, 15) is 13.2 Å². The Hall–Kier alpha value is -2.14. The van der Waals surface area contributed by atoms with Crippen molar-refractivity contribution in [3.05, 3.63) is 65.2 Å². The molecular weight excluding hydrogens is 358 g/mol. The number of fused-ring (bicyclic) bond motifs is 1. The van der Waals surface area contributed by atoms with Gasteiger partial charge in [-0.15, -0.1) is 0 Å². The normalized spacial score (nSPS) is 19.1. The lowest BCUT2D eigenvalue weighted by molar-refractivity contribution is 0.0658. The summed E-state index contributed by atoms with van der Waals surface area (Å²) in [7, 11) is -3.32. The van der Waals surface area contributed by atoms with Crippen LogP contribution in [0.4, 0.5) is 0 Å². The van der Waals surface area contributed by atoms with Gasteiger partial charge in [0.2, 0.25) is 0 Å². The standard InChI is InChI=1S/C22H25NO3S/c1-15(2)27(25,26)19-12-7-17(8-13-19)22(24)23(18-10-11-18)21-14-9-16-5-3-4-6-20(16)21/h3-8,12-13,15,18,21H,9-11,14H2,1-2H3. The third kappa shape index (κ3) is 3.29. The Labute approximate surface area is 161 Å². The molecule has 1 amide bonds. The van der Waals surface area contributed by atoms with E-state index in [1.54, 1.807) is 38.1 Å². The lowest BCUT2D eigenvalue weighted by Gasteiger charge is -2.30. The van der Waals surface area contributed by atoms with Gasteiger partial charge in [0.1, 0.15) is 0 Å². The van der Waals surface area contributed by atoms with Crippen LogP contribution in [-0.2, 0) is 16.3 Å². The van der Waals surface area contributed by atoms with Crippen LogP contribution >= 0.6 is 0 Å². The van der Waals surface area contributed by atoms with Crippen molar-refractivity contribution in [1.29, 1.82) is 0 Å². The molecule has 0 bridgehead atoms. The van der Waals surface area contributed by atoms with E-state index >= 15 is 0 Å². The van der Waals surface area contributed by atoms with E-state index in [0.717, 1.165) is 25.7 Å². The first kappa shape index (κ1) is 18.2. The van der Waals surface area contributed by atoms with Crippen LogP contribution in [0.2, 0.25) is 0 Å². The number of amides is 1. The SMILES string of the molecule is CC(C)S(=O)(=O)c1ccc(C(=O)N(C2CC2)C2CCc3ccccc32)cc1. The molecule has 2 aromatic carbocycles. The predicted octanol–water partition coefficient (Wildman–Crippen LogP) is 4.16. The lowest BCUT2D eigenvalue weighted by atomic mass is 10.1. The molecule has 0 aliphatic heterocycles. The van der Waals surface area contributed by atoms with E-state index in [4.69, 9.17) is 0 Å². The molecule has 0 heterocycles. The second-order valence-electron chi connectivity index (χ2n) is 7.82. The van der Waals surface area contributed by atoms with E-state index in [-0.39, 0.29) is 16.8 Å². The highest BCUT2D eigenvalue weighted by molar-refractivity contribution is 7.92. The molecule has 27 heavy (non-hydrogen) atoms. The average Bonchev–Trinajstić information content (AvgIpc) is 3.41. The fourth-order valence-corrected chi connectivity index (χ4v) is 5.01. The molecule has 1 atom stereocenters. The number of rotatable bonds is 5. The van der Waals surface area contributed by atoms with Crippen molar-refractivity contribution in [1.82, 2.24) is 4.90 Å². The quantitative estimate of drug-likeness (QED) is 0.779. The number of carbonyl (C=O) groups excluding carboxylic acids is 1. The van der Waals surface area contributed by atoms with Gasteiger partial charge in [0, 0.05) is 11.6 Å². The van der Waals surface area contributed by atoms with Crippen molar-refractivity contribution in [2.75, 3.05) is 0 Å². The molecule has 0 N–H and O–H groups in total. The maximum atomic E-state index is 13.3. The van der Waals surface area contributed by atoms with E-state index in [1.165, 1.54) is 11.1 Å². The molecule has 2 aliphatic rings. The molecular formula is C22H25NO3S. The zero-order chi connectivity index (χ0) is 19.2. The maximum Gasteiger partial charge on any atom is 0.254 e. The number of carbonyl (C=O) groups is 1. The minimum absolute atomic E-state index is 0.00713. The molecule has 0 radical (unpaired) electrons. The van der Waals surface area contributed by atoms with Crippen molar-refractivity contribution >= 4 is 15.7 Å². The van der Waals surface area contributed by atoms with Gasteiger partial charge >= 0.3 is 0 Å². The summed E-state index contributed by atoms with van der Waals surface area (Å²) in [6.07, 6.45) is 4.05. The van der Waals surface area contributed by atoms with Crippen LogP contribution in [0.5, 0.6) is 0 Å². The van der Waals surface area contributed by atoms with Gasteiger partial charge in [0.25, 0.3) is 5.91 Å². The number of nitrogens with zero attached hydrogens (tertiary/aromatic N) is 1. The molecule has 142 valence electrons. The molecule has 1 saturated carbocycles. The second-order valence-corrected chi connectivity index (χ2v) is 10.3. The van der Waals surface area contributed by atoms with Crippen molar-refractivity contribution in [2.45, 2.75) is 61.8 Å². The van der Waals surface area contributed by atoms with Crippen molar-refractivity contribution < 1.29 is 13.2 Å². The first-order valence-corrected chi connectivity index (χ1v) is 11.2. The third-order valence-electron chi connectivity index (χ3n) is 5.66. The number of hydrogen-bond donors (Lipinski definition) is 0. The van der Waals surface area contributed by atoms with E-state index in [0.29, 0.717) is 11.6 Å². The molecule has 0 aromatic heterocycles. The summed E-state index contributed by atoms with van der Waals surface area (Å²) in [5.74, 6) is 0.00713. The molecule has 2 aromatic rings. The smallest absolute Gasteiger partial charge is 0.254 e. The van der Waals surface area contributed by atoms with Crippen LogP contribution in [0.1, 0.15) is 60.6 Å².